The van der Waals surface area contributed by atoms with Gasteiger partial charge in [-0.1, -0.05) is 6.07 Å². The zero-order chi connectivity index (χ0) is 12.2. The molecule has 3 fully saturated rings. The Bertz CT molecular complexity index is 468. The zero-order valence-electron chi connectivity index (χ0n) is 10.9. The zero-order valence-corrected chi connectivity index (χ0v) is 10.9. The van der Waals surface area contributed by atoms with Gasteiger partial charge in [-0.3, -0.25) is 0 Å². The second-order valence-electron chi connectivity index (χ2n) is 6.31. The first-order valence-corrected chi connectivity index (χ1v) is 7.25. The van der Waals surface area contributed by atoms with Crippen LogP contribution in [0, 0.1) is 0 Å². The Kier molecular flexibility index (Phi) is 2.08. The quantitative estimate of drug-likeness (QED) is 0.885. The topological polar surface area (TPSA) is 42.1 Å². The van der Waals surface area contributed by atoms with Gasteiger partial charge in [-0.2, -0.15) is 0 Å². The highest BCUT2D eigenvalue weighted by Crippen LogP contribution is 2.64. The van der Waals surface area contributed by atoms with Crippen LogP contribution in [0.3, 0.4) is 0 Å². The predicted octanol–water partition coefficient (Wildman–Crippen LogP) is 2.20. The van der Waals surface area contributed by atoms with Crippen LogP contribution in [-0.4, -0.2) is 23.6 Å². The van der Waals surface area contributed by atoms with E-state index in [1.807, 2.05) is 6.20 Å². The number of aromatic nitrogens is 1. The van der Waals surface area contributed by atoms with Crippen molar-refractivity contribution in [2.24, 2.45) is 5.73 Å². The molecule has 0 spiro atoms. The molecule has 0 radical (unpaired) electrons. The van der Waals surface area contributed by atoms with Crippen molar-refractivity contribution in [3.05, 3.63) is 23.9 Å². The first-order valence-electron chi connectivity index (χ1n) is 7.25. The number of nitrogens with two attached hydrogens (primary N) is 1. The maximum absolute atomic E-state index is 6.54. The van der Waals surface area contributed by atoms with Crippen molar-refractivity contribution < 1.29 is 0 Å². The fourth-order valence-electron chi connectivity index (χ4n) is 3.73. The minimum absolute atomic E-state index is 0.0878. The van der Waals surface area contributed by atoms with Crippen LogP contribution in [0.15, 0.2) is 18.3 Å². The Labute approximate surface area is 108 Å². The Morgan fingerprint density at radius 2 is 1.83 bits per heavy atom. The Hall–Kier alpha value is -1.09. The minimum atomic E-state index is 0.0878. The summed E-state index contributed by atoms with van der Waals surface area (Å²) in [5.41, 5.74) is 8.33. The molecule has 2 heterocycles. The molecule has 2 N–H and O–H groups in total. The van der Waals surface area contributed by atoms with Gasteiger partial charge in [0, 0.05) is 35.8 Å². The van der Waals surface area contributed by atoms with Crippen molar-refractivity contribution >= 4 is 5.82 Å². The average Bonchev–Trinajstić information content (AvgIpc) is 3.30. The third kappa shape index (κ3) is 1.37. The van der Waals surface area contributed by atoms with Crippen LogP contribution >= 0.6 is 0 Å². The van der Waals surface area contributed by atoms with E-state index in [2.05, 4.69) is 22.0 Å². The number of anilines is 1. The van der Waals surface area contributed by atoms with Crippen molar-refractivity contribution in [2.75, 3.05) is 18.0 Å². The van der Waals surface area contributed by atoms with Crippen LogP contribution in [-0.2, 0) is 5.41 Å². The van der Waals surface area contributed by atoms with Gasteiger partial charge in [0.2, 0.25) is 0 Å². The van der Waals surface area contributed by atoms with Crippen LogP contribution in [0.25, 0.3) is 0 Å². The summed E-state index contributed by atoms with van der Waals surface area (Å²) in [6.45, 7) is 2.33. The molecule has 3 heteroatoms. The van der Waals surface area contributed by atoms with E-state index in [1.54, 1.807) is 0 Å². The number of rotatable bonds is 3. The Balaban J connectivity index is 1.76. The fourth-order valence-corrected chi connectivity index (χ4v) is 3.73. The molecule has 1 aromatic rings. The van der Waals surface area contributed by atoms with Gasteiger partial charge in [0.25, 0.3) is 0 Å². The molecule has 1 aliphatic heterocycles. The van der Waals surface area contributed by atoms with Gasteiger partial charge in [0.05, 0.1) is 0 Å². The van der Waals surface area contributed by atoms with E-state index in [4.69, 9.17) is 5.73 Å². The van der Waals surface area contributed by atoms with Crippen LogP contribution in [0.4, 0.5) is 5.82 Å². The molecule has 96 valence electrons. The number of hydrogen-bond donors (Lipinski definition) is 1. The number of pyridine rings is 1. The Morgan fingerprint density at radius 3 is 2.44 bits per heavy atom. The van der Waals surface area contributed by atoms with E-state index in [9.17, 15) is 0 Å². The van der Waals surface area contributed by atoms with E-state index in [-0.39, 0.29) is 11.0 Å². The van der Waals surface area contributed by atoms with Gasteiger partial charge < -0.3 is 10.6 Å². The molecule has 1 saturated heterocycles. The summed E-state index contributed by atoms with van der Waals surface area (Å²) in [6, 6.07) is 4.36. The van der Waals surface area contributed by atoms with Gasteiger partial charge in [-0.05, 0) is 44.6 Å². The first kappa shape index (κ1) is 10.8. The van der Waals surface area contributed by atoms with Crippen molar-refractivity contribution in [3.63, 3.8) is 0 Å². The molecule has 0 unspecified atom stereocenters. The highest BCUT2D eigenvalue weighted by atomic mass is 15.2. The number of nitrogens with zero attached hydrogens (tertiary/aromatic N) is 2. The number of hydrogen-bond acceptors (Lipinski definition) is 3. The van der Waals surface area contributed by atoms with Gasteiger partial charge >= 0.3 is 0 Å². The largest absolute Gasteiger partial charge is 0.356 e. The summed E-state index contributed by atoms with van der Waals surface area (Å²) >= 11 is 0. The van der Waals surface area contributed by atoms with Crippen LogP contribution in [0.2, 0.25) is 0 Å². The van der Waals surface area contributed by atoms with Gasteiger partial charge in [0.15, 0.2) is 0 Å². The summed E-state index contributed by atoms with van der Waals surface area (Å²) in [5, 5.41) is 0. The lowest BCUT2D eigenvalue weighted by atomic mass is 9.86. The molecule has 0 atom stereocenters. The molecule has 0 amide bonds. The molecule has 2 aliphatic carbocycles. The second kappa shape index (κ2) is 3.47. The summed E-state index contributed by atoms with van der Waals surface area (Å²) in [7, 11) is 0. The first-order chi connectivity index (χ1) is 8.75. The molecule has 4 rings (SSSR count). The van der Waals surface area contributed by atoms with E-state index >= 15 is 0 Å². The smallest absolute Gasteiger partial charge is 0.132 e. The van der Waals surface area contributed by atoms with Crippen LogP contribution in [0.1, 0.15) is 44.1 Å². The molecule has 3 aliphatic rings. The van der Waals surface area contributed by atoms with Crippen molar-refractivity contribution in [2.45, 2.75) is 49.5 Å². The van der Waals surface area contributed by atoms with E-state index in [0.717, 1.165) is 13.1 Å². The average molecular weight is 243 g/mol. The lowest BCUT2D eigenvalue weighted by Gasteiger charge is -2.28. The SMILES string of the molecule is NC1(C2(c3cccnc3N3CCCC3)CC2)CC1. The van der Waals surface area contributed by atoms with Crippen molar-refractivity contribution in [1.82, 2.24) is 4.98 Å². The Morgan fingerprint density at radius 1 is 1.11 bits per heavy atom. The fraction of sp³-hybridized carbons (Fsp3) is 0.667. The van der Waals surface area contributed by atoms with Gasteiger partial charge in [-0.25, -0.2) is 4.98 Å². The summed E-state index contributed by atoms with van der Waals surface area (Å²) in [4.78, 5) is 7.14. The molecule has 2 saturated carbocycles. The molecular weight excluding hydrogens is 222 g/mol. The third-order valence-corrected chi connectivity index (χ3v) is 5.20. The van der Waals surface area contributed by atoms with E-state index in [0.29, 0.717) is 0 Å². The molecule has 0 bridgehead atoms. The summed E-state index contributed by atoms with van der Waals surface area (Å²) in [6.07, 6.45) is 9.45. The maximum atomic E-state index is 6.54. The van der Waals surface area contributed by atoms with E-state index < -0.39 is 0 Å². The van der Waals surface area contributed by atoms with Gasteiger partial charge in [-0.15, -0.1) is 0 Å². The monoisotopic (exact) mass is 243 g/mol. The highest BCUT2D eigenvalue weighted by Gasteiger charge is 2.65. The van der Waals surface area contributed by atoms with E-state index in [1.165, 1.54) is 49.9 Å². The lowest BCUT2D eigenvalue weighted by Crippen LogP contribution is -2.38. The van der Waals surface area contributed by atoms with Crippen LogP contribution < -0.4 is 10.6 Å². The minimum Gasteiger partial charge on any atom is -0.356 e. The van der Waals surface area contributed by atoms with Gasteiger partial charge in [0.1, 0.15) is 5.82 Å². The second-order valence-corrected chi connectivity index (χ2v) is 6.31. The molecule has 18 heavy (non-hydrogen) atoms. The normalized spacial score (nSPS) is 27.3. The standard InChI is InChI=1S/C15H21N3/c16-15(7-8-15)14(5-6-14)12-4-3-9-17-13(12)18-10-1-2-11-18/h3-4,9H,1-2,5-8,10-11,16H2. The van der Waals surface area contributed by atoms with Crippen LogP contribution in [0.5, 0.6) is 0 Å². The molecule has 0 aromatic carbocycles. The highest BCUT2D eigenvalue weighted by molar-refractivity contribution is 5.56. The predicted molar refractivity (Wildman–Crippen MR) is 72.7 cm³/mol. The molecule has 3 nitrogen and oxygen atoms in total. The van der Waals surface area contributed by atoms with Crippen molar-refractivity contribution in [3.8, 4) is 0 Å². The summed E-state index contributed by atoms with van der Waals surface area (Å²) in [5.74, 6) is 1.23. The third-order valence-electron chi connectivity index (χ3n) is 5.20. The maximum Gasteiger partial charge on any atom is 0.132 e. The lowest BCUT2D eigenvalue weighted by molar-refractivity contribution is 0.501. The van der Waals surface area contributed by atoms with Crippen molar-refractivity contribution in [1.29, 1.82) is 0 Å². The molecular formula is C15H21N3. The summed E-state index contributed by atoms with van der Waals surface area (Å²) < 4.78 is 0. The molecule has 1 aromatic heterocycles.